The summed E-state index contributed by atoms with van der Waals surface area (Å²) < 4.78 is 0. The Balaban J connectivity index is 1.73. The zero-order chi connectivity index (χ0) is 15.0. The molecule has 0 saturated heterocycles. The second kappa shape index (κ2) is 5.29. The van der Waals surface area contributed by atoms with Crippen LogP contribution < -0.4 is 5.32 Å². The predicted octanol–water partition coefficient (Wildman–Crippen LogP) is 2.43. The molecule has 2 heterocycles. The quantitative estimate of drug-likeness (QED) is 0.947. The first-order valence-electron chi connectivity index (χ1n) is 6.68. The number of carbonyl (C=O) groups excluding carboxylic acids is 2. The maximum absolute atomic E-state index is 12.3. The lowest BCUT2D eigenvalue weighted by Crippen LogP contribution is -2.42. The lowest BCUT2D eigenvalue weighted by molar-refractivity contribution is -0.120. The second-order valence-electron chi connectivity index (χ2n) is 5.05. The second-order valence-corrected chi connectivity index (χ2v) is 5.91. The van der Waals surface area contributed by atoms with Crippen molar-refractivity contribution in [3.05, 3.63) is 46.5 Å². The smallest absolute Gasteiger partial charge is 0.255 e. The highest BCUT2D eigenvalue weighted by atomic mass is 32.1. The van der Waals surface area contributed by atoms with E-state index in [9.17, 15) is 9.59 Å². The molecule has 0 aliphatic carbocycles. The molecule has 0 fully saturated rings. The van der Waals surface area contributed by atoms with Gasteiger partial charge in [0.25, 0.3) is 5.91 Å². The van der Waals surface area contributed by atoms with E-state index in [2.05, 4.69) is 10.3 Å². The lowest BCUT2D eigenvalue weighted by atomic mass is 10.1. The zero-order valence-electron chi connectivity index (χ0n) is 11.8. The number of aromatic nitrogens is 1. The number of fused-ring (bicyclic) bond motifs is 1. The van der Waals surface area contributed by atoms with E-state index in [-0.39, 0.29) is 11.8 Å². The molecule has 1 aromatic carbocycles. The summed E-state index contributed by atoms with van der Waals surface area (Å²) in [5.74, 6) is -0.311. The number of amides is 2. The molecule has 1 aliphatic rings. The Kier molecular flexibility index (Phi) is 3.47. The fourth-order valence-electron chi connectivity index (χ4n) is 2.35. The summed E-state index contributed by atoms with van der Waals surface area (Å²) in [5, 5.41) is 5.20. The molecule has 1 aromatic heterocycles. The first-order valence-corrected chi connectivity index (χ1v) is 7.56. The minimum Gasteiger partial charge on any atom is -0.323 e. The Morgan fingerprint density at radius 2 is 2.19 bits per heavy atom. The Labute approximate surface area is 126 Å². The van der Waals surface area contributed by atoms with Crippen LogP contribution in [-0.4, -0.2) is 27.7 Å². The Bertz CT molecular complexity index is 710. The van der Waals surface area contributed by atoms with E-state index in [0.717, 1.165) is 11.3 Å². The van der Waals surface area contributed by atoms with Gasteiger partial charge in [0.15, 0.2) is 5.13 Å². The van der Waals surface area contributed by atoms with Crippen LogP contribution in [0.4, 0.5) is 5.13 Å². The molecule has 0 saturated carbocycles. The highest BCUT2D eigenvalue weighted by Crippen LogP contribution is 2.25. The minimum absolute atomic E-state index is 0.0939. The summed E-state index contributed by atoms with van der Waals surface area (Å²) in [5.41, 5.74) is 2.52. The first-order chi connectivity index (χ1) is 10.1. The van der Waals surface area contributed by atoms with E-state index in [1.807, 2.05) is 30.5 Å². The van der Waals surface area contributed by atoms with Crippen molar-refractivity contribution >= 4 is 28.3 Å². The van der Waals surface area contributed by atoms with Crippen LogP contribution in [0.15, 0.2) is 29.6 Å². The maximum atomic E-state index is 12.3. The van der Waals surface area contributed by atoms with Crippen molar-refractivity contribution in [3.8, 4) is 0 Å². The summed E-state index contributed by atoms with van der Waals surface area (Å²) in [6.07, 6.45) is 0. The monoisotopic (exact) mass is 301 g/mol. The van der Waals surface area contributed by atoms with Crippen molar-refractivity contribution in [1.82, 2.24) is 9.88 Å². The molecule has 0 radical (unpaired) electrons. The maximum Gasteiger partial charge on any atom is 0.255 e. The van der Waals surface area contributed by atoms with Gasteiger partial charge >= 0.3 is 0 Å². The highest BCUT2D eigenvalue weighted by molar-refractivity contribution is 7.13. The molecule has 21 heavy (non-hydrogen) atoms. The van der Waals surface area contributed by atoms with Gasteiger partial charge in [-0.25, -0.2) is 4.98 Å². The molecule has 1 aliphatic heterocycles. The van der Waals surface area contributed by atoms with Crippen LogP contribution in [0.1, 0.15) is 28.5 Å². The number of anilines is 1. The molecular weight excluding hydrogens is 286 g/mol. The number of nitrogens with one attached hydrogen (secondary N) is 1. The Morgan fingerprint density at radius 1 is 1.43 bits per heavy atom. The third-order valence-corrected chi connectivity index (χ3v) is 4.42. The molecule has 1 N–H and O–H groups in total. The molecule has 5 nitrogen and oxygen atoms in total. The average molecular weight is 301 g/mol. The van der Waals surface area contributed by atoms with E-state index >= 15 is 0 Å². The van der Waals surface area contributed by atoms with E-state index in [4.69, 9.17) is 0 Å². The van der Waals surface area contributed by atoms with Gasteiger partial charge in [0.1, 0.15) is 6.04 Å². The van der Waals surface area contributed by atoms with E-state index in [1.54, 1.807) is 17.9 Å². The van der Waals surface area contributed by atoms with Gasteiger partial charge in [0.2, 0.25) is 5.91 Å². The molecule has 3 rings (SSSR count). The molecule has 2 amide bonds. The molecule has 0 unspecified atom stereocenters. The van der Waals surface area contributed by atoms with Gasteiger partial charge in [-0.3, -0.25) is 9.59 Å². The van der Waals surface area contributed by atoms with Crippen LogP contribution in [0.25, 0.3) is 0 Å². The molecule has 0 bridgehead atoms. The topological polar surface area (TPSA) is 62.3 Å². The highest BCUT2D eigenvalue weighted by Gasteiger charge is 2.33. The van der Waals surface area contributed by atoms with E-state index < -0.39 is 6.04 Å². The Hall–Kier alpha value is -2.21. The molecule has 2 aromatic rings. The summed E-state index contributed by atoms with van der Waals surface area (Å²) in [7, 11) is 0. The van der Waals surface area contributed by atoms with Crippen molar-refractivity contribution < 1.29 is 9.59 Å². The van der Waals surface area contributed by atoms with Gasteiger partial charge in [-0.1, -0.05) is 18.2 Å². The number of benzene rings is 1. The van der Waals surface area contributed by atoms with E-state index in [1.165, 1.54) is 11.3 Å². The number of thiazole rings is 1. The van der Waals surface area contributed by atoms with Gasteiger partial charge in [-0.15, -0.1) is 11.3 Å². The first kappa shape index (κ1) is 13.8. The normalized spacial score (nSPS) is 15.0. The van der Waals surface area contributed by atoms with Crippen LogP contribution in [0, 0.1) is 6.92 Å². The summed E-state index contributed by atoms with van der Waals surface area (Å²) in [4.78, 5) is 30.4. The van der Waals surface area contributed by atoms with Crippen molar-refractivity contribution in [3.63, 3.8) is 0 Å². The van der Waals surface area contributed by atoms with Crippen molar-refractivity contribution in [2.45, 2.75) is 26.4 Å². The van der Waals surface area contributed by atoms with Crippen LogP contribution in [0.2, 0.25) is 0 Å². The largest absolute Gasteiger partial charge is 0.323 e. The average Bonchev–Trinajstić information content (AvgIpc) is 3.03. The molecule has 0 spiro atoms. The fourth-order valence-corrected chi connectivity index (χ4v) is 3.04. The van der Waals surface area contributed by atoms with Crippen LogP contribution in [0.3, 0.4) is 0 Å². The summed E-state index contributed by atoms with van der Waals surface area (Å²) in [6, 6.07) is 6.92. The van der Waals surface area contributed by atoms with Crippen LogP contribution >= 0.6 is 11.3 Å². The van der Waals surface area contributed by atoms with Crippen LogP contribution in [-0.2, 0) is 11.3 Å². The summed E-state index contributed by atoms with van der Waals surface area (Å²) in [6.45, 7) is 4.08. The minimum atomic E-state index is -0.533. The van der Waals surface area contributed by atoms with Gasteiger partial charge in [-0.2, -0.15) is 0 Å². The molecule has 6 heteroatoms. The fraction of sp³-hybridized carbons (Fsp3) is 0.267. The number of aryl methyl sites for hydroxylation is 1. The van der Waals surface area contributed by atoms with Crippen molar-refractivity contribution in [2.24, 2.45) is 0 Å². The number of carbonyl (C=O) groups is 2. The van der Waals surface area contributed by atoms with Gasteiger partial charge in [0, 0.05) is 17.5 Å². The van der Waals surface area contributed by atoms with Gasteiger partial charge in [0.05, 0.1) is 5.69 Å². The number of rotatable bonds is 3. The lowest BCUT2D eigenvalue weighted by Gasteiger charge is -2.22. The predicted molar refractivity (Wildman–Crippen MR) is 81.3 cm³/mol. The van der Waals surface area contributed by atoms with Crippen LogP contribution in [0.5, 0.6) is 0 Å². The standard InChI is InChI=1S/C15H15N3O2S/c1-9-8-21-15(16-9)17-13(19)10(2)18-7-11-5-3-4-6-12(11)14(18)20/h3-6,8,10H,7H2,1-2H3,(H,16,17,19)/t10-/m0/s1. The number of hydrogen-bond acceptors (Lipinski definition) is 4. The third kappa shape index (κ3) is 2.54. The Morgan fingerprint density at radius 3 is 2.86 bits per heavy atom. The summed E-state index contributed by atoms with van der Waals surface area (Å²) >= 11 is 1.38. The molecular formula is C15H15N3O2S. The molecule has 1 atom stereocenters. The van der Waals surface area contributed by atoms with E-state index in [0.29, 0.717) is 17.2 Å². The third-order valence-electron chi connectivity index (χ3n) is 3.55. The number of nitrogens with zero attached hydrogens (tertiary/aromatic N) is 2. The molecule has 108 valence electrons. The van der Waals surface area contributed by atoms with Crippen molar-refractivity contribution in [2.75, 3.05) is 5.32 Å². The SMILES string of the molecule is Cc1csc(NC(=O)[C@H](C)N2Cc3ccccc3C2=O)n1. The van der Waals surface area contributed by atoms with Crippen molar-refractivity contribution in [1.29, 1.82) is 0 Å². The number of hydrogen-bond donors (Lipinski definition) is 1. The van der Waals surface area contributed by atoms with Gasteiger partial charge in [-0.05, 0) is 25.5 Å². The zero-order valence-corrected chi connectivity index (χ0v) is 12.6. The van der Waals surface area contributed by atoms with Gasteiger partial charge < -0.3 is 10.2 Å².